The molecule has 0 bridgehead atoms. The predicted octanol–water partition coefficient (Wildman–Crippen LogP) is 2.89. The fourth-order valence-electron chi connectivity index (χ4n) is 2.15. The second-order valence-electron chi connectivity index (χ2n) is 4.70. The van der Waals surface area contributed by atoms with Crippen LogP contribution in [0.5, 0.6) is 5.75 Å². The molecule has 0 radical (unpaired) electrons. The van der Waals surface area contributed by atoms with E-state index < -0.39 is 18.8 Å². The first kappa shape index (κ1) is 15.4. The Bertz CT molecular complexity index is 563. The molecule has 0 saturated carbocycles. The number of ether oxygens (including phenoxy) is 1. The zero-order valence-electron chi connectivity index (χ0n) is 11.3. The van der Waals surface area contributed by atoms with Crippen LogP contribution < -0.4 is 10.5 Å². The quantitative estimate of drug-likeness (QED) is 0.861. The van der Waals surface area contributed by atoms with Crippen LogP contribution in [0.15, 0.2) is 54.6 Å². The maximum atomic E-state index is 12.4. The number of rotatable bonds is 6. The van der Waals surface area contributed by atoms with E-state index in [4.69, 9.17) is 5.73 Å². The summed E-state index contributed by atoms with van der Waals surface area (Å²) >= 11 is 0. The molecule has 112 valence electrons. The number of para-hydroxylation sites is 1. The van der Waals surface area contributed by atoms with E-state index in [9.17, 15) is 13.9 Å². The van der Waals surface area contributed by atoms with Crippen LogP contribution in [0.2, 0.25) is 0 Å². The van der Waals surface area contributed by atoms with Gasteiger partial charge in [-0.1, -0.05) is 48.5 Å². The number of aliphatic hydroxyl groups is 1. The highest BCUT2D eigenvalue weighted by Gasteiger charge is 2.21. The number of nitrogens with two attached hydrogens (primary N) is 1. The third-order valence-corrected chi connectivity index (χ3v) is 3.20. The Labute approximate surface area is 122 Å². The van der Waals surface area contributed by atoms with E-state index in [2.05, 4.69) is 4.74 Å². The molecule has 5 heteroatoms. The molecule has 0 heterocycles. The van der Waals surface area contributed by atoms with Crippen molar-refractivity contribution in [3.63, 3.8) is 0 Å². The topological polar surface area (TPSA) is 55.5 Å². The van der Waals surface area contributed by atoms with Gasteiger partial charge < -0.3 is 15.6 Å². The summed E-state index contributed by atoms with van der Waals surface area (Å²) < 4.78 is 29.2. The lowest BCUT2D eigenvalue weighted by Crippen LogP contribution is -2.28. The van der Waals surface area contributed by atoms with Gasteiger partial charge in [0.2, 0.25) is 0 Å². The van der Waals surface area contributed by atoms with Gasteiger partial charge in [-0.15, -0.1) is 0 Å². The second-order valence-corrected chi connectivity index (χ2v) is 4.70. The van der Waals surface area contributed by atoms with Crippen LogP contribution in [-0.2, 0) is 6.42 Å². The lowest BCUT2D eigenvalue weighted by atomic mass is 9.96. The smallest absolute Gasteiger partial charge is 0.387 e. The van der Waals surface area contributed by atoms with Crippen LogP contribution in [0.25, 0.3) is 0 Å². The molecule has 2 aromatic carbocycles. The Balaban J connectivity index is 2.13. The summed E-state index contributed by atoms with van der Waals surface area (Å²) in [7, 11) is 0. The Morgan fingerprint density at radius 1 is 1.00 bits per heavy atom. The summed E-state index contributed by atoms with van der Waals surface area (Å²) in [5.41, 5.74) is 7.27. The van der Waals surface area contributed by atoms with Crippen molar-refractivity contribution < 1.29 is 18.6 Å². The van der Waals surface area contributed by atoms with Gasteiger partial charge in [0.05, 0.1) is 12.1 Å². The van der Waals surface area contributed by atoms with Gasteiger partial charge >= 0.3 is 6.61 Å². The molecule has 0 aliphatic rings. The van der Waals surface area contributed by atoms with E-state index in [0.717, 1.165) is 5.56 Å². The third kappa shape index (κ3) is 4.24. The second kappa shape index (κ2) is 7.15. The fourth-order valence-corrected chi connectivity index (χ4v) is 2.15. The zero-order chi connectivity index (χ0) is 15.2. The minimum atomic E-state index is -2.93. The number of alkyl halides is 2. The van der Waals surface area contributed by atoms with Gasteiger partial charge in [0, 0.05) is 12.0 Å². The highest BCUT2D eigenvalue weighted by molar-refractivity contribution is 5.36. The molecule has 2 atom stereocenters. The molecule has 2 rings (SSSR count). The van der Waals surface area contributed by atoms with Gasteiger partial charge in [-0.3, -0.25) is 0 Å². The Morgan fingerprint density at radius 2 is 1.62 bits per heavy atom. The molecule has 0 aliphatic carbocycles. The number of halogens is 2. The summed E-state index contributed by atoms with van der Waals surface area (Å²) in [5.74, 6) is -0.00730. The van der Waals surface area contributed by atoms with Gasteiger partial charge in [-0.2, -0.15) is 8.78 Å². The SMILES string of the molecule is N[C@H](c1ccccc1OC(F)F)[C@@H](O)Cc1ccccc1. The summed E-state index contributed by atoms with van der Waals surface area (Å²) in [6, 6.07) is 14.8. The first-order valence-corrected chi connectivity index (χ1v) is 6.59. The molecule has 2 aromatic rings. The molecule has 3 N–H and O–H groups in total. The standard InChI is InChI=1S/C16H17F2NO2/c17-16(18)21-14-9-5-4-8-12(14)15(19)13(20)10-11-6-2-1-3-7-11/h1-9,13,15-16,20H,10,19H2/t13-,15+/m0/s1. The average molecular weight is 293 g/mol. The zero-order valence-corrected chi connectivity index (χ0v) is 11.3. The van der Waals surface area contributed by atoms with Crippen molar-refractivity contribution in [3.05, 3.63) is 65.7 Å². The van der Waals surface area contributed by atoms with Crippen molar-refractivity contribution in [3.8, 4) is 5.75 Å². The number of hydrogen-bond donors (Lipinski definition) is 2. The summed E-state index contributed by atoms with van der Waals surface area (Å²) in [6.07, 6.45) is -0.555. The van der Waals surface area contributed by atoms with Crippen molar-refractivity contribution in [2.24, 2.45) is 5.73 Å². The van der Waals surface area contributed by atoms with Crippen LogP contribution in [0.3, 0.4) is 0 Å². The van der Waals surface area contributed by atoms with E-state index in [1.54, 1.807) is 18.2 Å². The molecule has 0 aromatic heterocycles. The Hall–Kier alpha value is -1.98. The molecule has 0 saturated heterocycles. The summed E-state index contributed by atoms with van der Waals surface area (Å²) in [5, 5.41) is 10.2. The number of aliphatic hydroxyl groups excluding tert-OH is 1. The van der Waals surface area contributed by atoms with Gasteiger partial charge in [0.1, 0.15) is 5.75 Å². The molecule has 0 aliphatic heterocycles. The van der Waals surface area contributed by atoms with Gasteiger partial charge in [0.25, 0.3) is 0 Å². The Kier molecular flexibility index (Phi) is 5.25. The van der Waals surface area contributed by atoms with Crippen LogP contribution in [0.4, 0.5) is 8.78 Å². The minimum Gasteiger partial charge on any atom is -0.434 e. The summed E-state index contributed by atoms with van der Waals surface area (Å²) in [4.78, 5) is 0. The molecule has 0 spiro atoms. The van der Waals surface area contributed by atoms with Gasteiger partial charge in [-0.25, -0.2) is 0 Å². The van der Waals surface area contributed by atoms with Crippen LogP contribution >= 0.6 is 0 Å². The lowest BCUT2D eigenvalue weighted by Gasteiger charge is -2.21. The van der Waals surface area contributed by atoms with Crippen molar-refractivity contribution >= 4 is 0 Å². The van der Waals surface area contributed by atoms with E-state index in [-0.39, 0.29) is 5.75 Å². The number of hydrogen-bond acceptors (Lipinski definition) is 3. The Morgan fingerprint density at radius 3 is 2.29 bits per heavy atom. The molecule has 3 nitrogen and oxygen atoms in total. The maximum Gasteiger partial charge on any atom is 0.387 e. The minimum absolute atomic E-state index is 0.00730. The highest BCUT2D eigenvalue weighted by atomic mass is 19.3. The first-order chi connectivity index (χ1) is 10.1. The van der Waals surface area contributed by atoms with Crippen molar-refractivity contribution in [1.29, 1.82) is 0 Å². The highest BCUT2D eigenvalue weighted by Crippen LogP contribution is 2.28. The molecule has 0 amide bonds. The van der Waals surface area contributed by atoms with Gasteiger partial charge in [-0.05, 0) is 11.6 Å². The monoisotopic (exact) mass is 293 g/mol. The van der Waals surface area contributed by atoms with Gasteiger partial charge in [0.15, 0.2) is 0 Å². The van der Waals surface area contributed by atoms with Crippen molar-refractivity contribution in [2.75, 3.05) is 0 Å². The van der Waals surface area contributed by atoms with Crippen LogP contribution in [-0.4, -0.2) is 17.8 Å². The largest absolute Gasteiger partial charge is 0.434 e. The average Bonchev–Trinajstić information content (AvgIpc) is 2.47. The van der Waals surface area contributed by atoms with E-state index in [1.807, 2.05) is 30.3 Å². The molecule has 21 heavy (non-hydrogen) atoms. The predicted molar refractivity (Wildman–Crippen MR) is 76.2 cm³/mol. The van der Waals surface area contributed by atoms with Crippen molar-refractivity contribution in [2.45, 2.75) is 25.2 Å². The number of benzene rings is 2. The fraction of sp³-hybridized carbons (Fsp3) is 0.250. The molecular formula is C16H17F2NO2. The molecule has 0 fully saturated rings. The molecule has 0 unspecified atom stereocenters. The van der Waals surface area contributed by atoms with E-state index in [0.29, 0.717) is 12.0 Å². The lowest BCUT2D eigenvalue weighted by molar-refractivity contribution is -0.0510. The normalized spacial score (nSPS) is 14.0. The maximum absolute atomic E-state index is 12.4. The first-order valence-electron chi connectivity index (χ1n) is 6.59. The van der Waals surface area contributed by atoms with E-state index >= 15 is 0 Å². The summed E-state index contributed by atoms with van der Waals surface area (Å²) in [6.45, 7) is -2.93. The third-order valence-electron chi connectivity index (χ3n) is 3.20. The molecular weight excluding hydrogens is 276 g/mol. The van der Waals surface area contributed by atoms with Crippen LogP contribution in [0, 0.1) is 0 Å². The van der Waals surface area contributed by atoms with Crippen LogP contribution in [0.1, 0.15) is 17.2 Å². The van der Waals surface area contributed by atoms with E-state index in [1.165, 1.54) is 6.07 Å². The van der Waals surface area contributed by atoms with Crippen molar-refractivity contribution in [1.82, 2.24) is 0 Å².